The van der Waals surface area contributed by atoms with Crippen LogP contribution in [-0.2, 0) is 11.2 Å². The smallest absolute Gasteiger partial charge is 0.0677 e. The number of ether oxygens (including phenoxy) is 1. The highest BCUT2D eigenvalue weighted by molar-refractivity contribution is 5.23. The summed E-state index contributed by atoms with van der Waals surface area (Å²) in [5, 5.41) is 0. The molecule has 0 amide bonds. The highest BCUT2D eigenvalue weighted by Gasteiger charge is 2.47. The molecule has 0 aromatic heterocycles. The van der Waals surface area contributed by atoms with Gasteiger partial charge in [0.15, 0.2) is 0 Å². The standard InChI is InChI=1S/C17H27NO/c1-12-7-6-8-13(9-12)10-15(18)14-11-16(2,3)19-17(14,4)5/h6-9,14-15H,10-11,18H2,1-5H3. The van der Waals surface area contributed by atoms with Crippen molar-refractivity contribution in [2.24, 2.45) is 11.7 Å². The first kappa shape index (κ1) is 14.5. The zero-order valence-electron chi connectivity index (χ0n) is 12.9. The van der Waals surface area contributed by atoms with Gasteiger partial charge in [-0.15, -0.1) is 0 Å². The Bertz CT molecular complexity index is 450. The SMILES string of the molecule is Cc1cccc(CC(N)C2CC(C)(C)OC2(C)C)c1. The number of rotatable bonds is 3. The average molecular weight is 261 g/mol. The number of aryl methyl sites for hydroxylation is 1. The van der Waals surface area contributed by atoms with E-state index in [4.69, 9.17) is 10.5 Å². The highest BCUT2D eigenvalue weighted by Crippen LogP contribution is 2.43. The Morgan fingerprint density at radius 3 is 2.53 bits per heavy atom. The Kier molecular flexibility index (Phi) is 3.76. The molecular weight excluding hydrogens is 234 g/mol. The molecule has 2 unspecified atom stereocenters. The third kappa shape index (κ3) is 3.37. The van der Waals surface area contributed by atoms with E-state index in [9.17, 15) is 0 Å². The van der Waals surface area contributed by atoms with Crippen molar-refractivity contribution in [3.05, 3.63) is 35.4 Å². The largest absolute Gasteiger partial charge is 0.369 e. The fourth-order valence-corrected chi connectivity index (χ4v) is 3.53. The fourth-order valence-electron chi connectivity index (χ4n) is 3.53. The third-order valence-electron chi connectivity index (χ3n) is 4.21. The van der Waals surface area contributed by atoms with Crippen molar-refractivity contribution in [3.8, 4) is 0 Å². The van der Waals surface area contributed by atoms with Crippen molar-refractivity contribution >= 4 is 0 Å². The Balaban J connectivity index is 2.10. The van der Waals surface area contributed by atoms with Crippen LogP contribution in [-0.4, -0.2) is 17.2 Å². The molecule has 2 heteroatoms. The van der Waals surface area contributed by atoms with E-state index in [2.05, 4.69) is 58.9 Å². The van der Waals surface area contributed by atoms with Gasteiger partial charge in [-0.2, -0.15) is 0 Å². The van der Waals surface area contributed by atoms with Gasteiger partial charge in [-0.3, -0.25) is 0 Å². The summed E-state index contributed by atoms with van der Waals surface area (Å²) in [6.07, 6.45) is 1.96. The molecule has 0 radical (unpaired) electrons. The summed E-state index contributed by atoms with van der Waals surface area (Å²) in [6, 6.07) is 8.78. The summed E-state index contributed by atoms with van der Waals surface area (Å²) in [5.41, 5.74) is 8.91. The Hall–Kier alpha value is -0.860. The molecular formula is C17H27NO. The molecule has 0 bridgehead atoms. The molecule has 0 aliphatic carbocycles. The topological polar surface area (TPSA) is 35.2 Å². The van der Waals surface area contributed by atoms with Crippen molar-refractivity contribution in [2.45, 2.75) is 64.7 Å². The third-order valence-corrected chi connectivity index (χ3v) is 4.21. The van der Waals surface area contributed by atoms with Gasteiger partial charge in [0, 0.05) is 12.0 Å². The van der Waals surface area contributed by atoms with Crippen LogP contribution in [0.3, 0.4) is 0 Å². The number of hydrogen-bond acceptors (Lipinski definition) is 2. The van der Waals surface area contributed by atoms with Gasteiger partial charge in [-0.25, -0.2) is 0 Å². The molecule has 0 spiro atoms. The van der Waals surface area contributed by atoms with Gasteiger partial charge in [0.2, 0.25) is 0 Å². The first-order valence-electron chi connectivity index (χ1n) is 7.21. The maximum Gasteiger partial charge on any atom is 0.0677 e. The molecule has 1 aromatic rings. The van der Waals surface area contributed by atoms with Crippen LogP contribution in [0.4, 0.5) is 0 Å². The van der Waals surface area contributed by atoms with Crippen molar-refractivity contribution in [2.75, 3.05) is 0 Å². The van der Waals surface area contributed by atoms with Crippen LogP contribution >= 0.6 is 0 Å². The number of nitrogens with two attached hydrogens (primary N) is 1. The highest BCUT2D eigenvalue weighted by atomic mass is 16.5. The minimum absolute atomic E-state index is 0.0572. The van der Waals surface area contributed by atoms with E-state index in [1.54, 1.807) is 0 Å². The van der Waals surface area contributed by atoms with Crippen LogP contribution in [0.5, 0.6) is 0 Å². The van der Waals surface area contributed by atoms with E-state index < -0.39 is 0 Å². The van der Waals surface area contributed by atoms with Crippen molar-refractivity contribution in [1.29, 1.82) is 0 Å². The van der Waals surface area contributed by atoms with Gasteiger partial charge < -0.3 is 10.5 Å². The summed E-state index contributed by atoms with van der Waals surface area (Å²) < 4.78 is 6.15. The summed E-state index contributed by atoms with van der Waals surface area (Å²) in [6.45, 7) is 10.8. The van der Waals surface area contributed by atoms with Crippen LogP contribution in [0.25, 0.3) is 0 Å². The van der Waals surface area contributed by atoms with Crippen LogP contribution in [0.2, 0.25) is 0 Å². The lowest BCUT2D eigenvalue weighted by molar-refractivity contribution is -0.0765. The molecule has 2 rings (SSSR count). The second kappa shape index (κ2) is 4.92. The Morgan fingerprint density at radius 1 is 1.32 bits per heavy atom. The van der Waals surface area contributed by atoms with E-state index in [0.29, 0.717) is 5.92 Å². The monoisotopic (exact) mass is 261 g/mol. The molecule has 1 saturated heterocycles. The predicted molar refractivity (Wildman–Crippen MR) is 80.2 cm³/mol. The number of benzene rings is 1. The quantitative estimate of drug-likeness (QED) is 0.904. The van der Waals surface area contributed by atoms with Crippen molar-refractivity contribution < 1.29 is 4.74 Å². The normalized spacial score (nSPS) is 26.3. The van der Waals surface area contributed by atoms with Crippen molar-refractivity contribution in [3.63, 3.8) is 0 Å². The molecule has 2 nitrogen and oxygen atoms in total. The summed E-state index contributed by atoms with van der Waals surface area (Å²) in [4.78, 5) is 0. The van der Waals surface area contributed by atoms with Gasteiger partial charge in [0.05, 0.1) is 11.2 Å². The van der Waals surface area contributed by atoms with Crippen molar-refractivity contribution in [1.82, 2.24) is 0 Å². The molecule has 1 fully saturated rings. The summed E-state index contributed by atoms with van der Waals surface area (Å²) in [7, 11) is 0. The van der Waals surface area contributed by atoms with Gasteiger partial charge in [0.25, 0.3) is 0 Å². The van der Waals surface area contributed by atoms with Crippen LogP contribution < -0.4 is 5.73 Å². The summed E-state index contributed by atoms with van der Waals surface area (Å²) >= 11 is 0. The second-order valence-corrected chi connectivity index (χ2v) is 7.13. The molecule has 0 saturated carbocycles. The zero-order valence-corrected chi connectivity index (χ0v) is 12.9. The second-order valence-electron chi connectivity index (χ2n) is 7.13. The van der Waals surface area contributed by atoms with E-state index >= 15 is 0 Å². The van der Waals surface area contributed by atoms with E-state index in [0.717, 1.165) is 12.8 Å². The summed E-state index contributed by atoms with van der Waals surface area (Å²) in [5.74, 6) is 0.406. The van der Waals surface area contributed by atoms with Gasteiger partial charge >= 0.3 is 0 Å². The van der Waals surface area contributed by atoms with Crippen LogP contribution in [0.15, 0.2) is 24.3 Å². The minimum atomic E-state index is -0.132. The molecule has 1 heterocycles. The van der Waals surface area contributed by atoms with Gasteiger partial charge in [-0.05, 0) is 53.0 Å². The van der Waals surface area contributed by atoms with E-state index in [-0.39, 0.29) is 17.2 Å². The van der Waals surface area contributed by atoms with Gasteiger partial charge in [0.1, 0.15) is 0 Å². The molecule has 1 aliphatic heterocycles. The van der Waals surface area contributed by atoms with Crippen LogP contribution in [0.1, 0.15) is 45.2 Å². The predicted octanol–water partition coefficient (Wildman–Crippen LogP) is 3.46. The minimum Gasteiger partial charge on any atom is -0.369 e. The lowest BCUT2D eigenvalue weighted by atomic mass is 9.80. The van der Waals surface area contributed by atoms with Gasteiger partial charge in [-0.1, -0.05) is 29.8 Å². The molecule has 1 aliphatic rings. The molecule has 19 heavy (non-hydrogen) atoms. The zero-order chi connectivity index (χ0) is 14.3. The maximum atomic E-state index is 6.48. The Morgan fingerprint density at radius 2 is 2.00 bits per heavy atom. The first-order valence-corrected chi connectivity index (χ1v) is 7.21. The number of hydrogen-bond donors (Lipinski definition) is 1. The molecule has 2 atom stereocenters. The molecule has 2 N–H and O–H groups in total. The maximum absolute atomic E-state index is 6.48. The lowest BCUT2D eigenvalue weighted by Crippen LogP contribution is -2.42. The van der Waals surface area contributed by atoms with E-state index in [1.807, 2.05) is 0 Å². The first-order chi connectivity index (χ1) is 8.70. The van der Waals surface area contributed by atoms with Crippen LogP contribution in [0, 0.1) is 12.8 Å². The Labute approximate surface area is 117 Å². The lowest BCUT2D eigenvalue weighted by Gasteiger charge is -2.31. The average Bonchev–Trinajstić information content (AvgIpc) is 2.46. The molecule has 1 aromatic carbocycles. The van der Waals surface area contributed by atoms with E-state index in [1.165, 1.54) is 11.1 Å². The molecule has 106 valence electrons. The fraction of sp³-hybridized carbons (Fsp3) is 0.647.